The number of ether oxygens (including phenoxy) is 1. The van der Waals surface area contributed by atoms with Crippen LogP contribution >= 0.6 is 23.2 Å². The number of carbonyl (C=O) groups excluding carboxylic acids is 2. The summed E-state index contributed by atoms with van der Waals surface area (Å²) in [6.45, 7) is 1.52. The summed E-state index contributed by atoms with van der Waals surface area (Å²) in [6.07, 6.45) is 5.37. The Bertz CT molecular complexity index is 581. The fourth-order valence-corrected chi connectivity index (χ4v) is 2.71. The summed E-state index contributed by atoms with van der Waals surface area (Å²) in [5.74, 6) is -0.643. The van der Waals surface area contributed by atoms with Gasteiger partial charge in [0.25, 0.3) is 5.91 Å². The van der Waals surface area contributed by atoms with E-state index in [0.717, 1.165) is 12.8 Å². The molecule has 1 aromatic rings. The molecule has 1 amide bonds. The van der Waals surface area contributed by atoms with Crippen LogP contribution in [0.2, 0.25) is 10.0 Å². The molecule has 0 fully saturated rings. The van der Waals surface area contributed by atoms with E-state index >= 15 is 0 Å². The van der Waals surface area contributed by atoms with Crippen molar-refractivity contribution >= 4 is 40.8 Å². The molecule has 1 aliphatic carbocycles. The predicted octanol–water partition coefficient (Wildman–Crippen LogP) is 4.22. The summed E-state index contributed by atoms with van der Waals surface area (Å²) in [7, 11) is 0. The Morgan fingerprint density at radius 3 is 2.64 bits per heavy atom. The Kier molecular flexibility index (Phi) is 5.86. The van der Waals surface area contributed by atoms with E-state index in [9.17, 15) is 9.59 Å². The molecule has 1 aromatic carbocycles. The van der Waals surface area contributed by atoms with Crippen LogP contribution in [0.4, 0.5) is 5.69 Å². The smallest absolute Gasteiger partial charge is 0.307 e. The Hall–Kier alpha value is -1.52. The molecular formula is C16H17Cl2NO3. The quantitative estimate of drug-likeness (QED) is 0.644. The van der Waals surface area contributed by atoms with Gasteiger partial charge in [-0.25, -0.2) is 0 Å². The van der Waals surface area contributed by atoms with Crippen LogP contribution in [0, 0.1) is 5.92 Å². The molecule has 0 saturated carbocycles. The highest BCUT2D eigenvalue weighted by atomic mass is 35.5. The van der Waals surface area contributed by atoms with E-state index in [1.807, 2.05) is 12.2 Å². The zero-order chi connectivity index (χ0) is 16.1. The van der Waals surface area contributed by atoms with Crippen molar-refractivity contribution in [1.29, 1.82) is 0 Å². The van der Waals surface area contributed by atoms with E-state index in [2.05, 4.69) is 5.32 Å². The highest BCUT2D eigenvalue weighted by Crippen LogP contribution is 2.30. The monoisotopic (exact) mass is 341 g/mol. The zero-order valence-corrected chi connectivity index (χ0v) is 13.7. The fraction of sp³-hybridized carbons (Fsp3) is 0.375. The Morgan fingerprint density at radius 2 is 2.05 bits per heavy atom. The number of carbonyl (C=O) groups is 2. The first-order valence-corrected chi connectivity index (χ1v) is 7.84. The molecule has 22 heavy (non-hydrogen) atoms. The summed E-state index contributed by atoms with van der Waals surface area (Å²) in [5, 5.41) is 3.24. The van der Waals surface area contributed by atoms with Gasteiger partial charge in [0.05, 0.1) is 22.2 Å². The molecule has 1 aliphatic rings. The molecule has 0 aromatic heterocycles. The van der Waals surface area contributed by atoms with Gasteiger partial charge in [-0.1, -0.05) is 41.4 Å². The second kappa shape index (κ2) is 7.65. The van der Waals surface area contributed by atoms with Crippen molar-refractivity contribution in [1.82, 2.24) is 0 Å². The SMILES string of the molecule is C[C@@H](OC(=O)C[C@H]1C=CCC1)C(=O)Nc1c(Cl)cccc1Cl. The summed E-state index contributed by atoms with van der Waals surface area (Å²) >= 11 is 12.0. The summed E-state index contributed by atoms with van der Waals surface area (Å²) in [5.41, 5.74) is 0.317. The number of amides is 1. The number of halogens is 2. The summed E-state index contributed by atoms with van der Waals surface area (Å²) in [6, 6.07) is 4.91. The molecule has 0 aliphatic heterocycles. The highest BCUT2D eigenvalue weighted by Gasteiger charge is 2.22. The first-order chi connectivity index (χ1) is 10.5. The average Bonchev–Trinajstić information content (AvgIpc) is 2.95. The maximum atomic E-state index is 12.1. The number of nitrogens with one attached hydrogen (secondary N) is 1. The Labute approximate surface area is 139 Å². The van der Waals surface area contributed by atoms with Gasteiger partial charge >= 0.3 is 5.97 Å². The van der Waals surface area contributed by atoms with Crippen LogP contribution in [0.25, 0.3) is 0 Å². The molecule has 0 saturated heterocycles. The molecule has 0 heterocycles. The number of hydrogen-bond acceptors (Lipinski definition) is 3. The molecule has 6 heteroatoms. The molecule has 2 atom stereocenters. The molecule has 0 bridgehead atoms. The lowest BCUT2D eigenvalue weighted by Gasteiger charge is -2.16. The molecular weight excluding hydrogens is 325 g/mol. The van der Waals surface area contributed by atoms with Crippen LogP contribution in [-0.4, -0.2) is 18.0 Å². The van der Waals surface area contributed by atoms with Crippen LogP contribution in [0.5, 0.6) is 0 Å². The van der Waals surface area contributed by atoms with E-state index in [1.165, 1.54) is 6.92 Å². The van der Waals surface area contributed by atoms with Gasteiger partial charge in [0.2, 0.25) is 0 Å². The van der Waals surface area contributed by atoms with Crippen molar-refractivity contribution in [2.75, 3.05) is 5.32 Å². The number of para-hydroxylation sites is 1. The average molecular weight is 342 g/mol. The lowest BCUT2D eigenvalue weighted by molar-refractivity contribution is -0.153. The van der Waals surface area contributed by atoms with Crippen molar-refractivity contribution in [2.45, 2.75) is 32.3 Å². The standard InChI is InChI=1S/C16H17Cl2NO3/c1-10(22-14(20)9-11-5-2-3-6-11)16(21)19-15-12(17)7-4-8-13(15)18/h2,4-5,7-8,10-11H,3,6,9H2,1H3,(H,19,21)/t10-,11+/m1/s1. The van der Waals surface area contributed by atoms with Crippen LogP contribution in [0.15, 0.2) is 30.4 Å². The van der Waals surface area contributed by atoms with Crippen molar-refractivity contribution in [2.24, 2.45) is 5.92 Å². The number of benzene rings is 1. The van der Waals surface area contributed by atoms with Crippen molar-refractivity contribution in [3.05, 3.63) is 40.4 Å². The number of hydrogen-bond donors (Lipinski definition) is 1. The molecule has 0 unspecified atom stereocenters. The summed E-state index contributed by atoms with van der Waals surface area (Å²) < 4.78 is 5.15. The zero-order valence-electron chi connectivity index (χ0n) is 12.1. The lowest BCUT2D eigenvalue weighted by atomic mass is 10.1. The van der Waals surface area contributed by atoms with E-state index in [4.69, 9.17) is 27.9 Å². The van der Waals surface area contributed by atoms with E-state index in [1.54, 1.807) is 18.2 Å². The van der Waals surface area contributed by atoms with Gasteiger partial charge in [-0.05, 0) is 37.8 Å². The maximum Gasteiger partial charge on any atom is 0.307 e. The van der Waals surface area contributed by atoms with E-state index < -0.39 is 12.0 Å². The Balaban J connectivity index is 1.89. The van der Waals surface area contributed by atoms with Gasteiger partial charge in [-0.15, -0.1) is 0 Å². The van der Waals surface area contributed by atoms with Gasteiger partial charge in [0.15, 0.2) is 6.10 Å². The van der Waals surface area contributed by atoms with E-state index in [0.29, 0.717) is 22.2 Å². The van der Waals surface area contributed by atoms with Crippen LogP contribution in [0.1, 0.15) is 26.2 Å². The fourth-order valence-electron chi connectivity index (χ4n) is 2.22. The minimum Gasteiger partial charge on any atom is -0.453 e. The first-order valence-electron chi connectivity index (χ1n) is 7.08. The van der Waals surface area contributed by atoms with Crippen molar-refractivity contribution in [3.63, 3.8) is 0 Å². The second-order valence-corrected chi connectivity index (χ2v) is 6.00. The van der Waals surface area contributed by atoms with Crippen molar-refractivity contribution < 1.29 is 14.3 Å². The third-order valence-electron chi connectivity index (χ3n) is 3.43. The minimum atomic E-state index is -0.912. The topological polar surface area (TPSA) is 55.4 Å². The normalized spacial score (nSPS) is 18.0. The summed E-state index contributed by atoms with van der Waals surface area (Å²) in [4.78, 5) is 23.9. The largest absolute Gasteiger partial charge is 0.453 e. The Morgan fingerprint density at radius 1 is 1.36 bits per heavy atom. The van der Waals surface area contributed by atoms with E-state index in [-0.39, 0.29) is 11.9 Å². The number of anilines is 1. The van der Waals surface area contributed by atoms with Crippen LogP contribution in [0.3, 0.4) is 0 Å². The van der Waals surface area contributed by atoms with Crippen LogP contribution < -0.4 is 5.32 Å². The number of allylic oxidation sites excluding steroid dienone is 2. The number of esters is 1. The van der Waals surface area contributed by atoms with Gasteiger partial charge < -0.3 is 10.1 Å². The second-order valence-electron chi connectivity index (χ2n) is 5.19. The molecule has 0 radical (unpaired) electrons. The lowest BCUT2D eigenvalue weighted by Crippen LogP contribution is -2.30. The third kappa shape index (κ3) is 4.49. The maximum absolute atomic E-state index is 12.1. The molecule has 4 nitrogen and oxygen atoms in total. The molecule has 2 rings (SSSR count). The molecule has 118 valence electrons. The van der Waals surface area contributed by atoms with Crippen LogP contribution in [-0.2, 0) is 14.3 Å². The van der Waals surface area contributed by atoms with Gasteiger partial charge in [0, 0.05) is 0 Å². The highest BCUT2D eigenvalue weighted by molar-refractivity contribution is 6.39. The minimum absolute atomic E-state index is 0.209. The molecule has 1 N–H and O–H groups in total. The van der Waals surface area contributed by atoms with Gasteiger partial charge in [-0.3, -0.25) is 9.59 Å². The third-order valence-corrected chi connectivity index (χ3v) is 4.06. The predicted molar refractivity (Wildman–Crippen MR) is 87.1 cm³/mol. The molecule has 0 spiro atoms. The van der Waals surface area contributed by atoms with Gasteiger partial charge in [0.1, 0.15) is 0 Å². The number of rotatable bonds is 5. The first kappa shape index (κ1) is 16.8. The van der Waals surface area contributed by atoms with Crippen molar-refractivity contribution in [3.8, 4) is 0 Å². The van der Waals surface area contributed by atoms with Gasteiger partial charge in [-0.2, -0.15) is 0 Å².